The fourth-order valence-corrected chi connectivity index (χ4v) is 3.89. The first kappa shape index (κ1) is 19.7. The van der Waals surface area contributed by atoms with E-state index >= 15 is 0 Å². The van der Waals surface area contributed by atoms with Crippen molar-refractivity contribution in [3.8, 4) is 10.6 Å². The van der Waals surface area contributed by atoms with Gasteiger partial charge >= 0.3 is 6.18 Å². The number of amides is 1. The molecule has 0 saturated heterocycles. The topological polar surface area (TPSA) is 42.0 Å². The summed E-state index contributed by atoms with van der Waals surface area (Å²) in [7, 11) is 0. The van der Waals surface area contributed by atoms with E-state index in [0.717, 1.165) is 0 Å². The molecule has 140 valence electrons. The molecule has 1 amide bonds. The molecule has 1 aromatic heterocycles. The van der Waals surface area contributed by atoms with Crippen LogP contribution in [-0.2, 0) is 6.18 Å². The number of rotatable bonds is 3. The van der Waals surface area contributed by atoms with Crippen molar-refractivity contribution in [2.24, 2.45) is 0 Å². The van der Waals surface area contributed by atoms with Crippen LogP contribution in [-0.4, -0.2) is 10.9 Å². The Morgan fingerprint density at radius 3 is 2.48 bits per heavy atom. The smallest absolute Gasteiger partial charge is 0.321 e. The van der Waals surface area contributed by atoms with Crippen LogP contribution in [0.3, 0.4) is 0 Å². The number of halogens is 5. The van der Waals surface area contributed by atoms with E-state index < -0.39 is 22.7 Å². The lowest BCUT2D eigenvalue weighted by Gasteiger charge is -2.09. The molecule has 1 N–H and O–H groups in total. The molecule has 0 aliphatic heterocycles. The average molecular weight is 431 g/mol. The van der Waals surface area contributed by atoms with E-state index in [0.29, 0.717) is 33.2 Å². The van der Waals surface area contributed by atoms with Gasteiger partial charge in [-0.1, -0.05) is 41.4 Å². The highest BCUT2D eigenvalue weighted by molar-refractivity contribution is 7.17. The van der Waals surface area contributed by atoms with Crippen LogP contribution < -0.4 is 5.32 Å². The number of carbonyl (C=O) groups excluding carboxylic acids is 1. The molecule has 27 heavy (non-hydrogen) atoms. The van der Waals surface area contributed by atoms with E-state index in [9.17, 15) is 18.0 Å². The summed E-state index contributed by atoms with van der Waals surface area (Å²) in [6, 6.07) is 11.0. The number of alkyl halides is 3. The third kappa shape index (κ3) is 4.26. The summed E-state index contributed by atoms with van der Waals surface area (Å²) in [5, 5.41) is 3.21. The van der Waals surface area contributed by atoms with Crippen molar-refractivity contribution < 1.29 is 18.0 Å². The highest BCUT2D eigenvalue weighted by Crippen LogP contribution is 2.39. The molecule has 0 bridgehead atoms. The minimum Gasteiger partial charge on any atom is -0.321 e. The second-order valence-corrected chi connectivity index (χ2v) is 7.43. The Morgan fingerprint density at radius 2 is 1.85 bits per heavy atom. The molecule has 3 aromatic rings. The van der Waals surface area contributed by atoms with Crippen LogP contribution in [0.2, 0.25) is 10.0 Å². The highest BCUT2D eigenvalue weighted by Gasteiger charge is 2.40. The summed E-state index contributed by atoms with van der Waals surface area (Å²) < 4.78 is 40.3. The quantitative estimate of drug-likeness (QED) is 0.502. The van der Waals surface area contributed by atoms with Crippen molar-refractivity contribution in [1.29, 1.82) is 0 Å². The van der Waals surface area contributed by atoms with Gasteiger partial charge in [0.1, 0.15) is 9.88 Å². The molecular weight excluding hydrogens is 420 g/mol. The molecule has 0 radical (unpaired) electrons. The number of aryl methyl sites for hydroxylation is 1. The third-order valence-corrected chi connectivity index (χ3v) is 5.29. The molecule has 3 nitrogen and oxygen atoms in total. The lowest BCUT2D eigenvalue weighted by Crippen LogP contribution is -2.17. The van der Waals surface area contributed by atoms with E-state index in [1.807, 2.05) is 0 Å². The number of thiazole rings is 1. The van der Waals surface area contributed by atoms with Gasteiger partial charge in [0.15, 0.2) is 5.69 Å². The van der Waals surface area contributed by atoms with Gasteiger partial charge in [0, 0.05) is 16.3 Å². The summed E-state index contributed by atoms with van der Waals surface area (Å²) in [6.45, 7) is 1.69. The summed E-state index contributed by atoms with van der Waals surface area (Å²) in [5.41, 5.74) is 0.0772. The van der Waals surface area contributed by atoms with Gasteiger partial charge in [0.05, 0.1) is 5.02 Å². The lowest BCUT2D eigenvalue weighted by atomic mass is 10.2. The van der Waals surface area contributed by atoms with E-state index in [2.05, 4.69) is 10.3 Å². The summed E-state index contributed by atoms with van der Waals surface area (Å²) in [4.78, 5) is 15.6. The lowest BCUT2D eigenvalue weighted by molar-refractivity contribution is -0.140. The zero-order valence-corrected chi connectivity index (χ0v) is 16.0. The maximum Gasteiger partial charge on any atom is 0.435 e. The summed E-state index contributed by atoms with van der Waals surface area (Å²) >= 11 is 12.5. The Kier molecular flexibility index (Phi) is 5.46. The first-order valence-electron chi connectivity index (χ1n) is 7.57. The predicted octanol–water partition coefficient (Wildman–Crippen LogP) is 6.70. The molecule has 0 aliphatic carbocycles. The minimum atomic E-state index is -4.78. The Balaban J connectivity index is 2.03. The van der Waals surface area contributed by atoms with Crippen molar-refractivity contribution in [3.05, 3.63) is 68.6 Å². The maximum absolute atomic E-state index is 13.4. The normalized spacial score (nSPS) is 11.5. The van der Waals surface area contributed by atoms with Gasteiger partial charge in [-0.2, -0.15) is 13.2 Å². The highest BCUT2D eigenvalue weighted by atomic mass is 35.5. The number of anilines is 1. The van der Waals surface area contributed by atoms with Gasteiger partial charge in [0.2, 0.25) is 0 Å². The van der Waals surface area contributed by atoms with Crippen molar-refractivity contribution in [3.63, 3.8) is 0 Å². The van der Waals surface area contributed by atoms with Crippen LogP contribution in [0.1, 0.15) is 20.9 Å². The van der Waals surface area contributed by atoms with E-state index in [-0.39, 0.29) is 10.0 Å². The molecule has 0 fully saturated rings. The standard InChI is InChI=1S/C18H11Cl2F3N2OS/c1-9-8-10(19)6-7-13(9)24-16(26)14-15(18(21,22)23)25-17(27-14)11-4-2-3-5-12(11)20/h2-8H,1H3,(H,24,26). The van der Waals surface area contributed by atoms with E-state index in [1.165, 1.54) is 12.1 Å². The largest absolute Gasteiger partial charge is 0.435 e. The number of nitrogens with one attached hydrogen (secondary N) is 1. The van der Waals surface area contributed by atoms with Gasteiger partial charge in [-0.25, -0.2) is 4.98 Å². The molecular formula is C18H11Cl2F3N2OS. The molecule has 0 spiro atoms. The second kappa shape index (κ2) is 7.50. The van der Waals surface area contributed by atoms with Gasteiger partial charge in [0.25, 0.3) is 5.91 Å². The molecule has 9 heteroatoms. The Hall–Kier alpha value is -2.09. The SMILES string of the molecule is Cc1cc(Cl)ccc1NC(=O)c1sc(-c2ccccc2Cl)nc1C(F)(F)F. The van der Waals surface area contributed by atoms with Crippen molar-refractivity contribution >= 4 is 46.1 Å². The summed E-state index contributed by atoms with van der Waals surface area (Å²) in [5.74, 6) is -0.899. The fraction of sp³-hybridized carbons (Fsp3) is 0.111. The second-order valence-electron chi connectivity index (χ2n) is 5.59. The summed E-state index contributed by atoms with van der Waals surface area (Å²) in [6.07, 6.45) is -4.78. The number of hydrogen-bond donors (Lipinski definition) is 1. The van der Waals surface area contributed by atoms with Crippen molar-refractivity contribution in [1.82, 2.24) is 4.98 Å². The molecule has 0 unspecified atom stereocenters. The van der Waals surface area contributed by atoms with Gasteiger partial charge < -0.3 is 5.32 Å². The molecule has 0 aliphatic rings. The van der Waals surface area contributed by atoms with Crippen LogP contribution in [0.25, 0.3) is 10.6 Å². The van der Waals surface area contributed by atoms with Crippen LogP contribution in [0.5, 0.6) is 0 Å². The van der Waals surface area contributed by atoms with Gasteiger partial charge in [-0.05, 0) is 36.8 Å². The Morgan fingerprint density at radius 1 is 1.15 bits per heavy atom. The van der Waals surface area contributed by atoms with Gasteiger partial charge in [-0.3, -0.25) is 4.79 Å². The van der Waals surface area contributed by atoms with E-state index in [4.69, 9.17) is 23.2 Å². The predicted molar refractivity (Wildman–Crippen MR) is 102 cm³/mol. The van der Waals surface area contributed by atoms with Crippen molar-refractivity contribution in [2.75, 3.05) is 5.32 Å². The fourth-order valence-electron chi connectivity index (χ4n) is 2.36. The molecule has 0 saturated carbocycles. The molecule has 0 atom stereocenters. The number of carbonyl (C=O) groups is 1. The number of benzene rings is 2. The van der Waals surface area contributed by atoms with E-state index in [1.54, 1.807) is 37.3 Å². The monoisotopic (exact) mass is 430 g/mol. The maximum atomic E-state index is 13.4. The number of nitrogens with zero attached hydrogens (tertiary/aromatic N) is 1. The van der Waals surface area contributed by atoms with Crippen LogP contribution in [0.4, 0.5) is 18.9 Å². The first-order chi connectivity index (χ1) is 12.7. The zero-order valence-electron chi connectivity index (χ0n) is 13.7. The third-order valence-electron chi connectivity index (χ3n) is 3.64. The van der Waals surface area contributed by atoms with Crippen LogP contribution in [0.15, 0.2) is 42.5 Å². The number of hydrogen-bond acceptors (Lipinski definition) is 3. The van der Waals surface area contributed by atoms with Crippen LogP contribution >= 0.6 is 34.5 Å². The first-order valence-corrected chi connectivity index (χ1v) is 9.14. The minimum absolute atomic E-state index is 0.0194. The Labute approximate surface area is 166 Å². The Bertz CT molecular complexity index is 1020. The van der Waals surface area contributed by atoms with Crippen molar-refractivity contribution in [2.45, 2.75) is 13.1 Å². The zero-order chi connectivity index (χ0) is 19.8. The van der Waals surface area contributed by atoms with Crippen LogP contribution in [0, 0.1) is 6.92 Å². The number of aromatic nitrogens is 1. The molecule has 3 rings (SSSR count). The molecule has 2 aromatic carbocycles. The molecule has 1 heterocycles. The average Bonchev–Trinajstić information content (AvgIpc) is 3.03. The van der Waals surface area contributed by atoms with Gasteiger partial charge in [-0.15, -0.1) is 11.3 Å².